The van der Waals surface area contributed by atoms with E-state index in [9.17, 15) is 4.79 Å². The highest BCUT2D eigenvalue weighted by molar-refractivity contribution is 5.78. The molecule has 1 aliphatic heterocycles. The number of hydrogen-bond donors (Lipinski definition) is 0. The zero-order chi connectivity index (χ0) is 15.2. The molecular weight excluding hydrogens is 268 g/mol. The minimum absolute atomic E-state index is 0.195. The summed E-state index contributed by atoms with van der Waals surface area (Å²) < 4.78 is 7.02. The molecule has 118 valence electrons. The predicted octanol–water partition coefficient (Wildman–Crippen LogP) is 1.14. The van der Waals surface area contributed by atoms with Crippen LogP contribution in [0.5, 0.6) is 0 Å². The van der Waals surface area contributed by atoms with Crippen molar-refractivity contribution in [1.82, 2.24) is 19.6 Å². The fourth-order valence-electron chi connectivity index (χ4n) is 2.55. The van der Waals surface area contributed by atoms with Gasteiger partial charge in [0, 0.05) is 51.1 Å². The van der Waals surface area contributed by atoms with Gasteiger partial charge in [-0.2, -0.15) is 5.10 Å². The van der Waals surface area contributed by atoms with Crippen molar-refractivity contribution >= 4 is 5.91 Å². The van der Waals surface area contributed by atoms with Gasteiger partial charge in [-0.3, -0.25) is 14.4 Å². The van der Waals surface area contributed by atoms with Gasteiger partial charge in [0.05, 0.1) is 19.3 Å². The zero-order valence-electron chi connectivity index (χ0n) is 13.3. The van der Waals surface area contributed by atoms with Gasteiger partial charge < -0.3 is 9.64 Å². The molecule has 0 unspecified atom stereocenters. The number of hydrogen-bond acceptors (Lipinski definition) is 4. The Bertz CT molecular complexity index is 458. The number of ether oxygens (including phenoxy) is 1. The van der Waals surface area contributed by atoms with Crippen molar-refractivity contribution in [2.24, 2.45) is 0 Å². The average Bonchev–Trinajstić information content (AvgIpc) is 2.83. The van der Waals surface area contributed by atoms with Crippen LogP contribution in [0.1, 0.15) is 31.9 Å². The largest absolute Gasteiger partial charge is 0.383 e. The zero-order valence-corrected chi connectivity index (χ0v) is 13.3. The summed E-state index contributed by atoms with van der Waals surface area (Å²) in [7, 11) is 1.67. The first-order chi connectivity index (χ1) is 10.1. The maximum Gasteiger partial charge on any atom is 0.236 e. The van der Waals surface area contributed by atoms with E-state index in [1.165, 1.54) is 5.56 Å². The van der Waals surface area contributed by atoms with Crippen molar-refractivity contribution in [3.63, 3.8) is 0 Å². The molecule has 1 aromatic rings. The second kappa shape index (κ2) is 7.56. The molecule has 0 saturated carbocycles. The Kier molecular flexibility index (Phi) is 5.76. The molecule has 6 heteroatoms. The summed E-state index contributed by atoms with van der Waals surface area (Å²) in [6.45, 7) is 8.56. The molecule has 0 atom stereocenters. The van der Waals surface area contributed by atoms with E-state index in [0.717, 1.165) is 26.1 Å². The van der Waals surface area contributed by atoms with Crippen LogP contribution in [-0.4, -0.2) is 65.4 Å². The van der Waals surface area contributed by atoms with Crippen molar-refractivity contribution in [2.75, 3.05) is 39.9 Å². The molecule has 0 N–H and O–H groups in total. The minimum atomic E-state index is 0.195. The topological polar surface area (TPSA) is 50.6 Å². The van der Waals surface area contributed by atoms with Gasteiger partial charge in [0.1, 0.15) is 0 Å². The van der Waals surface area contributed by atoms with Gasteiger partial charge in [-0.05, 0) is 20.3 Å². The van der Waals surface area contributed by atoms with E-state index in [1.54, 1.807) is 7.11 Å². The first-order valence-electron chi connectivity index (χ1n) is 7.62. The molecule has 1 aromatic heterocycles. The third kappa shape index (κ3) is 4.54. The number of carbonyl (C=O) groups excluding carboxylic acids is 1. The second-order valence-electron chi connectivity index (χ2n) is 5.86. The lowest BCUT2D eigenvalue weighted by Crippen LogP contribution is -2.38. The summed E-state index contributed by atoms with van der Waals surface area (Å²) in [5.41, 5.74) is 1.17. The lowest BCUT2D eigenvalue weighted by molar-refractivity contribution is -0.131. The molecule has 0 bridgehead atoms. The van der Waals surface area contributed by atoms with Crippen LogP contribution >= 0.6 is 0 Å². The Morgan fingerprint density at radius 1 is 1.38 bits per heavy atom. The first-order valence-corrected chi connectivity index (χ1v) is 7.62. The summed E-state index contributed by atoms with van der Waals surface area (Å²) in [5.74, 6) is 0.195. The summed E-state index contributed by atoms with van der Waals surface area (Å²) in [4.78, 5) is 16.4. The fourth-order valence-corrected chi connectivity index (χ4v) is 2.55. The van der Waals surface area contributed by atoms with Crippen LogP contribution in [-0.2, 0) is 16.1 Å². The third-order valence-corrected chi connectivity index (χ3v) is 3.77. The van der Waals surface area contributed by atoms with Gasteiger partial charge in [0.2, 0.25) is 5.91 Å². The van der Waals surface area contributed by atoms with Crippen LogP contribution in [0.3, 0.4) is 0 Å². The van der Waals surface area contributed by atoms with E-state index < -0.39 is 0 Å². The van der Waals surface area contributed by atoms with Crippen molar-refractivity contribution in [1.29, 1.82) is 0 Å². The van der Waals surface area contributed by atoms with Crippen molar-refractivity contribution in [3.8, 4) is 0 Å². The lowest BCUT2D eigenvalue weighted by atomic mass is 10.3. The Balaban J connectivity index is 1.90. The van der Waals surface area contributed by atoms with Gasteiger partial charge in [0.25, 0.3) is 0 Å². The van der Waals surface area contributed by atoms with Crippen LogP contribution < -0.4 is 0 Å². The highest BCUT2D eigenvalue weighted by atomic mass is 16.5. The number of nitrogens with zero attached hydrogens (tertiary/aromatic N) is 4. The lowest BCUT2D eigenvalue weighted by Gasteiger charge is -2.21. The normalized spacial score (nSPS) is 17.5. The van der Waals surface area contributed by atoms with E-state index in [0.29, 0.717) is 25.7 Å². The van der Waals surface area contributed by atoms with Crippen molar-refractivity contribution in [3.05, 3.63) is 18.0 Å². The first kappa shape index (κ1) is 16.0. The summed E-state index contributed by atoms with van der Waals surface area (Å²) in [5, 5.41) is 4.36. The molecule has 0 spiro atoms. The SMILES string of the molecule is COCCN1CCCN(Cc2cnn(C(C)C)c2)CC1=O. The molecular formula is C15H26N4O2. The number of rotatable bonds is 6. The van der Waals surface area contributed by atoms with E-state index in [2.05, 4.69) is 30.0 Å². The molecule has 1 aliphatic rings. The molecule has 1 fully saturated rings. The Hall–Kier alpha value is -1.40. The Labute approximate surface area is 126 Å². The molecule has 2 rings (SSSR count). The van der Waals surface area contributed by atoms with Crippen molar-refractivity contribution < 1.29 is 9.53 Å². The Morgan fingerprint density at radius 3 is 2.86 bits per heavy atom. The molecule has 0 aliphatic carbocycles. The standard InChI is InChI=1S/C15H26N4O2/c1-13(2)19-11-14(9-16-19)10-17-5-4-6-18(7-8-21-3)15(20)12-17/h9,11,13H,4-8,10,12H2,1-3H3. The van der Waals surface area contributed by atoms with Gasteiger partial charge >= 0.3 is 0 Å². The monoisotopic (exact) mass is 294 g/mol. The molecule has 6 nitrogen and oxygen atoms in total. The van der Waals surface area contributed by atoms with Crippen molar-refractivity contribution in [2.45, 2.75) is 32.9 Å². The van der Waals surface area contributed by atoms with Crippen LogP contribution in [0.4, 0.5) is 0 Å². The average molecular weight is 294 g/mol. The highest BCUT2D eigenvalue weighted by Crippen LogP contribution is 2.11. The summed E-state index contributed by atoms with van der Waals surface area (Å²) in [6.07, 6.45) is 4.98. The number of carbonyl (C=O) groups is 1. The van der Waals surface area contributed by atoms with Gasteiger partial charge in [-0.1, -0.05) is 0 Å². The molecule has 0 aromatic carbocycles. The number of amides is 1. The molecule has 2 heterocycles. The van der Waals surface area contributed by atoms with Crippen LogP contribution in [0.15, 0.2) is 12.4 Å². The number of aromatic nitrogens is 2. The van der Waals surface area contributed by atoms with E-state index in [1.807, 2.05) is 15.8 Å². The van der Waals surface area contributed by atoms with E-state index >= 15 is 0 Å². The van der Waals surface area contributed by atoms with E-state index in [-0.39, 0.29) is 5.91 Å². The molecule has 21 heavy (non-hydrogen) atoms. The second-order valence-corrected chi connectivity index (χ2v) is 5.86. The van der Waals surface area contributed by atoms with Gasteiger partial charge in [-0.15, -0.1) is 0 Å². The third-order valence-electron chi connectivity index (χ3n) is 3.77. The number of methoxy groups -OCH3 is 1. The molecule has 0 radical (unpaired) electrons. The summed E-state index contributed by atoms with van der Waals surface area (Å²) >= 11 is 0. The quantitative estimate of drug-likeness (QED) is 0.789. The molecule has 1 amide bonds. The van der Waals surface area contributed by atoms with Crippen LogP contribution in [0.2, 0.25) is 0 Å². The minimum Gasteiger partial charge on any atom is -0.383 e. The van der Waals surface area contributed by atoms with Crippen LogP contribution in [0, 0.1) is 0 Å². The van der Waals surface area contributed by atoms with Crippen LogP contribution in [0.25, 0.3) is 0 Å². The summed E-state index contributed by atoms with van der Waals surface area (Å²) in [6, 6.07) is 0.369. The maximum absolute atomic E-state index is 12.2. The van der Waals surface area contributed by atoms with Gasteiger partial charge in [0.15, 0.2) is 0 Å². The Morgan fingerprint density at radius 2 is 2.19 bits per heavy atom. The highest BCUT2D eigenvalue weighted by Gasteiger charge is 2.21. The molecule has 1 saturated heterocycles. The fraction of sp³-hybridized carbons (Fsp3) is 0.733. The van der Waals surface area contributed by atoms with Gasteiger partial charge in [-0.25, -0.2) is 0 Å². The maximum atomic E-state index is 12.2. The predicted molar refractivity (Wildman–Crippen MR) is 81.0 cm³/mol. The van der Waals surface area contributed by atoms with E-state index in [4.69, 9.17) is 4.74 Å². The smallest absolute Gasteiger partial charge is 0.236 e.